The van der Waals surface area contributed by atoms with Crippen LogP contribution in [-0.4, -0.2) is 7.11 Å². The van der Waals surface area contributed by atoms with Gasteiger partial charge < -0.3 is 4.74 Å². The highest BCUT2D eigenvalue weighted by Gasteiger charge is 2.05. The van der Waals surface area contributed by atoms with Crippen LogP contribution in [0.2, 0.25) is 0 Å². The van der Waals surface area contributed by atoms with E-state index in [1.54, 1.807) is 7.11 Å². The van der Waals surface area contributed by atoms with E-state index >= 15 is 0 Å². The van der Waals surface area contributed by atoms with Gasteiger partial charge >= 0.3 is 0 Å². The van der Waals surface area contributed by atoms with Crippen molar-refractivity contribution in [3.05, 3.63) is 35.2 Å². The fourth-order valence-electron chi connectivity index (χ4n) is 1.11. The van der Waals surface area contributed by atoms with Crippen LogP contribution in [0.1, 0.15) is 25.0 Å². The Morgan fingerprint density at radius 1 is 1.38 bits per heavy atom. The maximum absolute atomic E-state index is 8.82. The third-order valence-corrected chi connectivity index (χ3v) is 1.90. The fourth-order valence-corrected chi connectivity index (χ4v) is 1.11. The van der Waals surface area contributed by atoms with Crippen LogP contribution in [0.5, 0.6) is 5.75 Å². The van der Waals surface area contributed by atoms with Crippen LogP contribution < -0.4 is 4.74 Å². The maximum Gasteiger partial charge on any atom is 0.136 e. The quantitative estimate of drug-likeness (QED) is 0.690. The number of nitriles is 1. The Bertz CT molecular complexity index is 336. The zero-order valence-electron chi connectivity index (χ0n) is 8.09. The van der Waals surface area contributed by atoms with E-state index in [0.29, 0.717) is 11.3 Å². The molecule has 0 aliphatic carbocycles. The number of ether oxygens (including phenoxy) is 1. The van der Waals surface area contributed by atoms with Gasteiger partial charge in [0, 0.05) is 0 Å². The van der Waals surface area contributed by atoms with E-state index in [0.717, 1.165) is 5.56 Å². The molecule has 0 amide bonds. The van der Waals surface area contributed by atoms with Crippen molar-refractivity contribution in [2.24, 2.45) is 0 Å². The van der Waals surface area contributed by atoms with Gasteiger partial charge in [0.05, 0.1) is 12.7 Å². The molecule has 0 atom stereocenters. The fraction of sp³-hybridized carbons (Fsp3) is 0.273. The van der Waals surface area contributed by atoms with E-state index in [9.17, 15) is 0 Å². The Balaban J connectivity index is 3.15. The minimum Gasteiger partial charge on any atom is -0.495 e. The maximum atomic E-state index is 8.82. The van der Waals surface area contributed by atoms with Gasteiger partial charge in [0.1, 0.15) is 11.8 Å². The second-order valence-corrected chi connectivity index (χ2v) is 3.03. The first-order valence-corrected chi connectivity index (χ1v) is 4.07. The van der Waals surface area contributed by atoms with Gasteiger partial charge in [-0.15, -0.1) is 0 Å². The SMILES string of the molecule is COc1ccc([C](C)C)cc1C#N. The molecule has 0 aliphatic rings. The van der Waals surface area contributed by atoms with Crippen molar-refractivity contribution in [2.45, 2.75) is 13.8 Å². The summed E-state index contributed by atoms with van der Waals surface area (Å²) in [5.41, 5.74) is 1.67. The smallest absolute Gasteiger partial charge is 0.136 e. The monoisotopic (exact) mass is 174 g/mol. The molecule has 1 aromatic rings. The predicted molar refractivity (Wildman–Crippen MR) is 51.4 cm³/mol. The van der Waals surface area contributed by atoms with Gasteiger partial charge in [-0.1, -0.05) is 19.9 Å². The molecule has 0 saturated heterocycles. The summed E-state index contributed by atoms with van der Waals surface area (Å²) in [4.78, 5) is 0. The molecule has 0 aromatic heterocycles. The first kappa shape index (κ1) is 9.60. The van der Waals surface area contributed by atoms with Crippen molar-refractivity contribution in [3.8, 4) is 11.8 Å². The molecule has 1 rings (SSSR count). The average Bonchev–Trinajstić information content (AvgIpc) is 2.16. The lowest BCUT2D eigenvalue weighted by Gasteiger charge is -2.07. The Hall–Kier alpha value is -1.49. The lowest BCUT2D eigenvalue weighted by molar-refractivity contribution is 0.413. The molecule has 1 radical (unpaired) electrons. The summed E-state index contributed by atoms with van der Waals surface area (Å²) in [5.74, 6) is 1.83. The van der Waals surface area contributed by atoms with Crippen LogP contribution in [0, 0.1) is 17.2 Å². The Kier molecular flexibility index (Phi) is 2.92. The molecule has 0 fully saturated rings. The van der Waals surface area contributed by atoms with E-state index < -0.39 is 0 Å². The van der Waals surface area contributed by atoms with Crippen LogP contribution in [0.15, 0.2) is 18.2 Å². The summed E-state index contributed by atoms with van der Waals surface area (Å²) in [6, 6.07) is 7.72. The second kappa shape index (κ2) is 3.95. The average molecular weight is 174 g/mol. The van der Waals surface area contributed by atoms with E-state index in [1.807, 2.05) is 32.0 Å². The number of nitrogens with zero attached hydrogens (tertiary/aromatic N) is 1. The predicted octanol–water partition coefficient (Wildman–Crippen LogP) is 2.53. The molecular formula is C11H12NO. The topological polar surface area (TPSA) is 33.0 Å². The largest absolute Gasteiger partial charge is 0.495 e. The van der Waals surface area contributed by atoms with Crippen LogP contribution in [0.4, 0.5) is 0 Å². The van der Waals surface area contributed by atoms with Crippen molar-refractivity contribution >= 4 is 0 Å². The standard InChI is InChI=1S/C11H12NO/c1-8(2)9-4-5-11(13-3)10(6-9)7-12/h4-6H,1-3H3. The molecule has 0 aliphatic heterocycles. The van der Waals surface area contributed by atoms with Crippen molar-refractivity contribution in [3.63, 3.8) is 0 Å². The summed E-state index contributed by atoms with van der Waals surface area (Å²) < 4.78 is 5.04. The number of rotatable bonds is 2. The van der Waals surface area contributed by atoms with Gasteiger partial charge in [-0.3, -0.25) is 0 Å². The van der Waals surface area contributed by atoms with Gasteiger partial charge in [0.25, 0.3) is 0 Å². The van der Waals surface area contributed by atoms with Gasteiger partial charge in [-0.05, 0) is 23.6 Å². The number of methoxy groups -OCH3 is 1. The summed E-state index contributed by atoms with van der Waals surface area (Å²) in [6.45, 7) is 4.03. The molecule has 0 spiro atoms. The van der Waals surface area contributed by atoms with Crippen LogP contribution in [0.25, 0.3) is 0 Å². The van der Waals surface area contributed by atoms with Crippen LogP contribution in [-0.2, 0) is 0 Å². The minimum absolute atomic E-state index is 0.584. The second-order valence-electron chi connectivity index (χ2n) is 3.03. The molecule has 0 bridgehead atoms. The number of benzene rings is 1. The van der Waals surface area contributed by atoms with E-state index in [2.05, 4.69) is 6.07 Å². The van der Waals surface area contributed by atoms with Gasteiger partial charge in [-0.25, -0.2) is 0 Å². The highest BCUT2D eigenvalue weighted by molar-refractivity contribution is 5.48. The minimum atomic E-state index is 0.584. The molecule has 67 valence electrons. The third-order valence-electron chi connectivity index (χ3n) is 1.90. The summed E-state index contributed by atoms with van der Waals surface area (Å²) >= 11 is 0. The van der Waals surface area contributed by atoms with Crippen LogP contribution >= 0.6 is 0 Å². The summed E-state index contributed by atoms with van der Waals surface area (Å²) in [5, 5.41) is 8.82. The first-order chi connectivity index (χ1) is 6.19. The van der Waals surface area contributed by atoms with Gasteiger partial charge in [-0.2, -0.15) is 5.26 Å². The number of hydrogen-bond acceptors (Lipinski definition) is 2. The lowest BCUT2D eigenvalue weighted by atomic mass is 10.0. The van der Waals surface area contributed by atoms with E-state index in [-0.39, 0.29) is 0 Å². The highest BCUT2D eigenvalue weighted by Crippen LogP contribution is 2.22. The first-order valence-electron chi connectivity index (χ1n) is 4.07. The molecule has 1 aromatic carbocycles. The zero-order valence-corrected chi connectivity index (χ0v) is 8.09. The zero-order chi connectivity index (χ0) is 9.84. The van der Waals surface area contributed by atoms with Crippen molar-refractivity contribution in [1.29, 1.82) is 5.26 Å². The molecule has 0 unspecified atom stereocenters. The molecule has 13 heavy (non-hydrogen) atoms. The Labute approximate surface area is 78.8 Å². The molecule has 0 heterocycles. The molecule has 2 nitrogen and oxygen atoms in total. The molecule has 2 heteroatoms. The highest BCUT2D eigenvalue weighted by atomic mass is 16.5. The number of hydrogen-bond donors (Lipinski definition) is 0. The summed E-state index contributed by atoms with van der Waals surface area (Å²) in [6.07, 6.45) is 0. The van der Waals surface area contributed by atoms with Crippen molar-refractivity contribution in [2.75, 3.05) is 7.11 Å². The Morgan fingerprint density at radius 2 is 2.08 bits per heavy atom. The van der Waals surface area contributed by atoms with Crippen LogP contribution in [0.3, 0.4) is 0 Å². The van der Waals surface area contributed by atoms with Crippen molar-refractivity contribution < 1.29 is 4.74 Å². The summed E-state index contributed by atoms with van der Waals surface area (Å²) in [7, 11) is 1.57. The van der Waals surface area contributed by atoms with Gasteiger partial charge in [0.15, 0.2) is 0 Å². The molecule has 0 N–H and O–H groups in total. The van der Waals surface area contributed by atoms with E-state index in [4.69, 9.17) is 10.00 Å². The normalized spacial score (nSPS) is 9.77. The van der Waals surface area contributed by atoms with Gasteiger partial charge in [0.2, 0.25) is 0 Å². The molecular weight excluding hydrogens is 162 g/mol. The third kappa shape index (κ3) is 2.00. The lowest BCUT2D eigenvalue weighted by Crippen LogP contribution is -1.92. The molecule has 0 saturated carbocycles. The Morgan fingerprint density at radius 3 is 2.54 bits per heavy atom. The van der Waals surface area contributed by atoms with E-state index in [1.165, 1.54) is 5.92 Å². The van der Waals surface area contributed by atoms with Crippen molar-refractivity contribution in [1.82, 2.24) is 0 Å².